The third kappa shape index (κ3) is 8.05. The Hall–Kier alpha value is -1.36. The first-order valence-electron chi connectivity index (χ1n) is 10.6. The van der Waals surface area contributed by atoms with E-state index < -0.39 is 0 Å². The van der Waals surface area contributed by atoms with E-state index >= 15 is 0 Å². The van der Waals surface area contributed by atoms with E-state index in [0.29, 0.717) is 0 Å². The average Bonchev–Trinajstić information content (AvgIpc) is 2.95. The molecule has 0 atom stereocenters. The van der Waals surface area contributed by atoms with Crippen LogP contribution in [0.5, 0.6) is 0 Å². The summed E-state index contributed by atoms with van der Waals surface area (Å²) in [7, 11) is 0. The summed E-state index contributed by atoms with van der Waals surface area (Å²) in [6.45, 7) is 5.48. The number of guanidine groups is 1. The van der Waals surface area contributed by atoms with E-state index in [4.69, 9.17) is 0 Å². The number of rotatable bonds is 9. The fourth-order valence-corrected chi connectivity index (χ4v) is 4.18. The van der Waals surface area contributed by atoms with Crippen molar-refractivity contribution < 1.29 is 4.39 Å². The smallest absolute Gasteiger partial charge is 0.191 e. The summed E-state index contributed by atoms with van der Waals surface area (Å²) in [5, 5.41) is 15.5. The highest BCUT2D eigenvalue weighted by molar-refractivity contribution is 14.0. The van der Waals surface area contributed by atoms with Crippen LogP contribution < -0.4 is 10.6 Å². The number of hydrogen-bond donors (Lipinski definition) is 2. The van der Waals surface area contributed by atoms with E-state index in [9.17, 15) is 4.39 Å². The second kappa shape index (κ2) is 13.8. The lowest BCUT2D eigenvalue weighted by Gasteiger charge is -2.12. The molecule has 2 heterocycles. The van der Waals surface area contributed by atoms with Crippen molar-refractivity contribution >= 4 is 41.7 Å². The van der Waals surface area contributed by atoms with Crippen molar-refractivity contribution in [1.29, 1.82) is 0 Å². The van der Waals surface area contributed by atoms with Crippen LogP contribution in [0.15, 0.2) is 34.2 Å². The normalized spacial score (nSPS) is 13.9. The fraction of sp³-hybridized carbons (Fsp3) is 0.571. The molecular formula is C21H32FIN6S. The molecular weight excluding hydrogens is 514 g/mol. The average molecular weight is 546 g/mol. The predicted molar refractivity (Wildman–Crippen MR) is 132 cm³/mol. The van der Waals surface area contributed by atoms with Gasteiger partial charge in [0.1, 0.15) is 17.5 Å². The van der Waals surface area contributed by atoms with Gasteiger partial charge in [-0.2, -0.15) is 0 Å². The minimum atomic E-state index is -0.192. The minimum Gasteiger partial charge on any atom is -0.357 e. The summed E-state index contributed by atoms with van der Waals surface area (Å²) in [6.07, 6.45) is 6.56. The van der Waals surface area contributed by atoms with Gasteiger partial charge < -0.3 is 15.2 Å². The summed E-state index contributed by atoms with van der Waals surface area (Å²) < 4.78 is 15.2. The van der Waals surface area contributed by atoms with Crippen molar-refractivity contribution in [2.45, 2.75) is 56.9 Å². The van der Waals surface area contributed by atoms with Crippen LogP contribution in [-0.4, -0.2) is 46.1 Å². The first-order valence-corrected chi connectivity index (χ1v) is 11.6. The number of aromatic nitrogens is 3. The molecule has 0 aliphatic carbocycles. The molecule has 0 spiro atoms. The highest BCUT2D eigenvalue weighted by atomic mass is 127. The first-order chi connectivity index (χ1) is 14.3. The minimum absolute atomic E-state index is 0. The zero-order chi connectivity index (χ0) is 20.3. The van der Waals surface area contributed by atoms with Gasteiger partial charge in [-0.05, 0) is 56.2 Å². The van der Waals surface area contributed by atoms with Gasteiger partial charge in [-0.25, -0.2) is 4.39 Å². The van der Waals surface area contributed by atoms with Crippen molar-refractivity contribution in [3.05, 3.63) is 41.7 Å². The molecule has 0 saturated heterocycles. The monoisotopic (exact) mass is 546 g/mol. The van der Waals surface area contributed by atoms with Crippen LogP contribution in [0.3, 0.4) is 0 Å². The van der Waals surface area contributed by atoms with E-state index in [0.717, 1.165) is 73.7 Å². The Labute approximate surface area is 199 Å². The maximum atomic E-state index is 12.9. The standard InChI is InChI=1S/C21H31FN6S.HI/c1-2-23-21(24-13-6-16-29-18-10-8-17(22)9-11-18)25-14-12-20-27-26-19-7-4-3-5-15-28(19)20;/h8-11H,2-7,12-16H2,1H3,(H2,23,24,25);1H. The number of aryl methyl sites for hydroxylation is 1. The number of halogens is 2. The molecule has 0 unspecified atom stereocenters. The van der Waals surface area contributed by atoms with E-state index in [1.165, 1.54) is 31.4 Å². The van der Waals surface area contributed by atoms with Crippen molar-refractivity contribution in [3.63, 3.8) is 0 Å². The third-order valence-electron chi connectivity index (χ3n) is 4.83. The lowest BCUT2D eigenvalue weighted by molar-refractivity contribution is 0.600. The molecule has 166 valence electrons. The van der Waals surface area contributed by atoms with Gasteiger partial charge in [0.05, 0.1) is 0 Å². The highest BCUT2D eigenvalue weighted by Crippen LogP contribution is 2.18. The lowest BCUT2D eigenvalue weighted by Crippen LogP contribution is -2.38. The van der Waals surface area contributed by atoms with Crippen LogP contribution in [0.25, 0.3) is 0 Å². The maximum Gasteiger partial charge on any atom is 0.191 e. The van der Waals surface area contributed by atoms with Crippen LogP contribution in [0.4, 0.5) is 4.39 Å². The van der Waals surface area contributed by atoms with Gasteiger partial charge in [-0.1, -0.05) is 6.42 Å². The molecule has 1 aliphatic rings. The fourth-order valence-electron chi connectivity index (χ4n) is 3.34. The lowest BCUT2D eigenvalue weighted by atomic mass is 10.2. The summed E-state index contributed by atoms with van der Waals surface area (Å²) >= 11 is 1.73. The molecule has 1 aromatic carbocycles. The molecule has 30 heavy (non-hydrogen) atoms. The van der Waals surface area contributed by atoms with Crippen molar-refractivity contribution in [2.75, 3.05) is 25.4 Å². The number of thioether (sulfide) groups is 1. The molecule has 9 heteroatoms. The van der Waals surface area contributed by atoms with E-state index in [-0.39, 0.29) is 29.8 Å². The molecule has 3 rings (SSSR count). The molecule has 2 N–H and O–H groups in total. The zero-order valence-corrected chi connectivity index (χ0v) is 20.7. The molecule has 0 amide bonds. The molecule has 1 aromatic heterocycles. The Morgan fingerprint density at radius 1 is 1.17 bits per heavy atom. The summed E-state index contributed by atoms with van der Waals surface area (Å²) in [5.41, 5.74) is 0. The molecule has 6 nitrogen and oxygen atoms in total. The second-order valence-corrected chi connectivity index (χ2v) is 8.26. The number of aliphatic imine (C=N–C) groups is 1. The zero-order valence-electron chi connectivity index (χ0n) is 17.6. The molecule has 0 bridgehead atoms. The molecule has 2 aromatic rings. The van der Waals surface area contributed by atoms with Crippen LogP contribution >= 0.6 is 35.7 Å². The number of nitrogens with one attached hydrogen (secondary N) is 2. The predicted octanol–water partition coefficient (Wildman–Crippen LogP) is 4.04. The van der Waals surface area contributed by atoms with E-state index in [2.05, 4.69) is 37.3 Å². The van der Waals surface area contributed by atoms with Crippen molar-refractivity contribution in [2.24, 2.45) is 4.99 Å². The van der Waals surface area contributed by atoms with Gasteiger partial charge >= 0.3 is 0 Å². The summed E-state index contributed by atoms with van der Waals surface area (Å²) in [4.78, 5) is 5.75. The van der Waals surface area contributed by atoms with Crippen molar-refractivity contribution in [3.8, 4) is 0 Å². The Balaban J connectivity index is 0.00000320. The molecule has 0 saturated carbocycles. The number of nitrogens with zero attached hydrogens (tertiary/aromatic N) is 4. The number of fused-ring (bicyclic) bond motifs is 1. The van der Waals surface area contributed by atoms with Gasteiger partial charge in [-0.15, -0.1) is 45.9 Å². The van der Waals surface area contributed by atoms with Crippen LogP contribution in [-0.2, 0) is 19.4 Å². The van der Waals surface area contributed by atoms with Gasteiger partial charge in [0.2, 0.25) is 0 Å². The molecule has 0 fully saturated rings. The quantitative estimate of drug-likeness (QED) is 0.164. The van der Waals surface area contributed by atoms with E-state index in [1.54, 1.807) is 11.8 Å². The van der Waals surface area contributed by atoms with Crippen LogP contribution in [0.1, 0.15) is 44.3 Å². The maximum absolute atomic E-state index is 12.9. The Bertz CT molecular complexity index is 780. The Morgan fingerprint density at radius 3 is 2.80 bits per heavy atom. The number of benzene rings is 1. The molecule has 1 aliphatic heterocycles. The third-order valence-corrected chi connectivity index (χ3v) is 5.92. The first kappa shape index (κ1) is 24.9. The highest BCUT2D eigenvalue weighted by Gasteiger charge is 2.14. The Kier molecular flexibility index (Phi) is 11.5. The largest absolute Gasteiger partial charge is 0.357 e. The SMILES string of the molecule is CCNC(=NCCCSc1ccc(F)cc1)NCCc1nnc2n1CCCCC2.I. The summed E-state index contributed by atoms with van der Waals surface area (Å²) in [6, 6.07) is 6.64. The van der Waals surface area contributed by atoms with Gasteiger partial charge in [-0.3, -0.25) is 4.99 Å². The van der Waals surface area contributed by atoms with Crippen LogP contribution in [0, 0.1) is 5.82 Å². The Morgan fingerprint density at radius 2 is 2.00 bits per heavy atom. The number of hydrogen-bond acceptors (Lipinski definition) is 4. The van der Waals surface area contributed by atoms with E-state index in [1.807, 2.05) is 12.1 Å². The summed E-state index contributed by atoms with van der Waals surface area (Å²) in [5.74, 6) is 3.82. The topological polar surface area (TPSA) is 67.1 Å². The van der Waals surface area contributed by atoms with Gasteiger partial charge in [0.25, 0.3) is 0 Å². The van der Waals surface area contributed by atoms with Gasteiger partial charge in [0, 0.05) is 43.9 Å². The van der Waals surface area contributed by atoms with Crippen LogP contribution in [0.2, 0.25) is 0 Å². The molecule has 0 radical (unpaired) electrons. The van der Waals surface area contributed by atoms with Gasteiger partial charge in [0.15, 0.2) is 5.96 Å². The second-order valence-electron chi connectivity index (χ2n) is 7.09. The van der Waals surface area contributed by atoms with Crippen molar-refractivity contribution in [1.82, 2.24) is 25.4 Å².